The highest BCUT2D eigenvalue weighted by atomic mass is 16.2. The molecule has 8 heteroatoms. The predicted molar refractivity (Wildman–Crippen MR) is 117 cm³/mol. The van der Waals surface area contributed by atoms with E-state index in [2.05, 4.69) is 27.2 Å². The lowest BCUT2D eigenvalue weighted by molar-refractivity contribution is 0.0988. The first kappa shape index (κ1) is 18.5. The zero-order valence-electron chi connectivity index (χ0n) is 16.9. The van der Waals surface area contributed by atoms with Crippen LogP contribution in [0.1, 0.15) is 16.1 Å². The van der Waals surface area contributed by atoms with Crippen LogP contribution in [0, 0.1) is 11.3 Å². The highest BCUT2D eigenvalue weighted by Crippen LogP contribution is 2.25. The summed E-state index contributed by atoms with van der Waals surface area (Å²) in [7, 11) is 3.59. The van der Waals surface area contributed by atoms with Crippen LogP contribution in [0.25, 0.3) is 27.8 Å². The summed E-state index contributed by atoms with van der Waals surface area (Å²) in [4.78, 5) is 23.3. The minimum atomic E-state index is -0.256. The van der Waals surface area contributed by atoms with Gasteiger partial charge < -0.3 is 4.90 Å². The fourth-order valence-electron chi connectivity index (χ4n) is 3.58. The first-order chi connectivity index (χ1) is 15.0. The number of hydrogen-bond acceptors (Lipinski definition) is 5. The van der Waals surface area contributed by atoms with Gasteiger partial charge >= 0.3 is 0 Å². The third kappa shape index (κ3) is 3.09. The Balaban J connectivity index is 1.53. The number of imidazole rings is 1. The second-order valence-corrected chi connectivity index (χ2v) is 7.21. The van der Waals surface area contributed by atoms with Gasteiger partial charge in [-0.05, 0) is 36.4 Å². The average Bonchev–Trinajstić information content (AvgIpc) is 3.41. The maximum Gasteiger partial charge on any atom is 0.278 e. The van der Waals surface area contributed by atoms with Crippen molar-refractivity contribution in [3.8, 4) is 17.3 Å². The van der Waals surface area contributed by atoms with Gasteiger partial charge in [-0.15, -0.1) is 0 Å². The minimum Gasteiger partial charge on any atom is -0.310 e. The van der Waals surface area contributed by atoms with E-state index in [1.807, 2.05) is 34.5 Å². The van der Waals surface area contributed by atoms with Crippen molar-refractivity contribution < 1.29 is 4.79 Å². The van der Waals surface area contributed by atoms with Gasteiger partial charge in [0.1, 0.15) is 5.69 Å². The largest absolute Gasteiger partial charge is 0.310 e. The summed E-state index contributed by atoms with van der Waals surface area (Å²) >= 11 is 0. The molecule has 0 saturated carbocycles. The van der Waals surface area contributed by atoms with E-state index in [0.29, 0.717) is 22.6 Å². The van der Waals surface area contributed by atoms with E-state index in [1.165, 1.54) is 4.90 Å². The standard InChI is InChI=1S/C23H17N7O/c1-28(18-6-3-15(10-24)4-7-18)23(31)19-14-30-21(12-26-22(30)13-25-19)16-5-8-20-17(9-16)11-27-29(20)2/h3-9,11-14H,1-2H3. The number of rotatable bonds is 3. The zero-order chi connectivity index (χ0) is 21.5. The molecule has 1 amide bonds. The second-order valence-electron chi connectivity index (χ2n) is 7.21. The van der Waals surface area contributed by atoms with Crippen LogP contribution in [0.15, 0.2) is 67.3 Å². The number of aromatic nitrogens is 5. The number of nitrogens with zero attached hydrogens (tertiary/aromatic N) is 7. The third-order valence-electron chi connectivity index (χ3n) is 5.35. The summed E-state index contributed by atoms with van der Waals surface area (Å²) in [5.41, 5.74) is 5.03. The van der Waals surface area contributed by atoms with Gasteiger partial charge in [0.2, 0.25) is 0 Å². The van der Waals surface area contributed by atoms with E-state index < -0.39 is 0 Å². The molecule has 2 aromatic carbocycles. The fraction of sp³-hybridized carbons (Fsp3) is 0.0870. The second kappa shape index (κ2) is 7.07. The Labute approximate surface area is 177 Å². The number of carbonyl (C=O) groups is 1. The van der Waals surface area contributed by atoms with Crippen molar-refractivity contribution in [2.45, 2.75) is 0 Å². The molecule has 0 spiro atoms. The molecule has 0 aliphatic heterocycles. The van der Waals surface area contributed by atoms with E-state index in [1.54, 1.807) is 49.9 Å². The molecule has 5 rings (SSSR count). The average molecular weight is 407 g/mol. The molecule has 0 radical (unpaired) electrons. The van der Waals surface area contributed by atoms with E-state index in [4.69, 9.17) is 5.26 Å². The van der Waals surface area contributed by atoms with Gasteiger partial charge in [0.15, 0.2) is 5.65 Å². The van der Waals surface area contributed by atoms with Gasteiger partial charge in [-0.3, -0.25) is 13.9 Å². The normalized spacial score (nSPS) is 11.0. The molecule has 5 aromatic rings. The maximum absolute atomic E-state index is 13.0. The minimum absolute atomic E-state index is 0.256. The summed E-state index contributed by atoms with van der Waals surface area (Å²) in [6, 6.07) is 15.0. The monoisotopic (exact) mass is 407 g/mol. The Kier molecular flexibility index (Phi) is 4.22. The van der Waals surface area contributed by atoms with Crippen LogP contribution in [0.5, 0.6) is 0 Å². The molecular weight excluding hydrogens is 390 g/mol. The van der Waals surface area contributed by atoms with E-state index in [0.717, 1.165) is 22.2 Å². The van der Waals surface area contributed by atoms with Crippen molar-refractivity contribution in [1.82, 2.24) is 24.1 Å². The predicted octanol–water partition coefficient (Wildman–Crippen LogP) is 3.43. The summed E-state index contributed by atoms with van der Waals surface area (Å²) in [5.74, 6) is -0.256. The Morgan fingerprint density at radius 3 is 2.65 bits per heavy atom. The molecule has 0 bridgehead atoms. The van der Waals surface area contributed by atoms with Crippen LogP contribution in [-0.2, 0) is 7.05 Å². The summed E-state index contributed by atoms with van der Waals surface area (Å²) < 4.78 is 3.69. The molecule has 150 valence electrons. The molecule has 0 aliphatic carbocycles. The highest BCUT2D eigenvalue weighted by Gasteiger charge is 2.17. The molecule has 0 saturated heterocycles. The molecule has 0 aliphatic rings. The Morgan fingerprint density at radius 1 is 1.06 bits per heavy atom. The summed E-state index contributed by atoms with van der Waals surface area (Å²) in [5, 5.41) is 14.3. The van der Waals surface area contributed by atoms with Crippen molar-refractivity contribution >= 4 is 28.1 Å². The van der Waals surface area contributed by atoms with Crippen LogP contribution in [0.4, 0.5) is 5.69 Å². The summed E-state index contributed by atoms with van der Waals surface area (Å²) in [6.45, 7) is 0. The fourth-order valence-corrected chi connectivity index (χ4v) is 3.58. The number of benzene rings is 2. The SMILES string of the molecule is CN(C(=O)c1cn2c(-c3ccc4c(cnn4C)c3)cnc2cn1)c1ccc(C#N)cc1. The summed E-state index contributed by atoms with van der Waals surface area (Å²) in [6.07, 6.45) is 6.89. The van der Waals surface area contributed by atoms with E-state index >= 15 is 0 Å². The lowest BCUT2D eigenvalue weighted by atomic mass is 10.1. The molecular formula is C23H17N7O. The number of anilines is 1. The number of amides is 1. The van der Waals surface area contributed by atoms with Crippen LogP contribution in [0.2, 0.25) is 0 Å². The maximum atomic E-state index is 13.0. The number of hydrogen-bond donors (Lipinski definition) is 0. The van der Waals surface area contributed by atoms with Crippen LogP contribution >= 0.6 is 0 Å². The molecule has 0 atom stereocenters. The number of carbonyl (C=O) groups excluding carboxylic acids is 1. The van der Waals surface area contributed by atoms with Crippen molar-refractivity contribution in [2.75, 3.05) is 11.9 Å². The first-order valence-corrected chi connectivity index (χ1v) is 9.58. The van der Waals surface area contributed by atoms with Gasteiger partial charge in [-0.25, -0.2) is 9.97 Å². The quantitative estimate of drug-likeness (QED) is 0.457. The Morgan fingerprint density at radius 2 is 1.87 bits per heavy atom. The lowest BCUT2D eigenvalue weighted by Crippen LogP contribution is -2.27. The Bertz CT molecular complexity index is 1490. The van der Waals surface area contributed by atoms with Gasteiger partial charge in [0.05, 0.1) is 41.4 Å². The zero-order valence-corrected chi connectivity index (χ0v) is 16.9. The molecule has 3 heterocycles. The van der Waals surface area contributed by atoms with Crippen molar-refractivity contribution in [2.24, 2.45) is 7.05 Å². The van der Waals surface area contributed by atoms with Crippen molar-refractivity contribution in [3.05, 3.63) is 78.5 Å². The van der Waals surface area contributed by atoms with Gasteiger partial charge in [-0.2, -0.15) is 10.4 Å². The topological polar surface area (TPSA) is 92.1 Å². The van der Waals surface area contributed by atoms with Gasteiger partial charge in [0, 0.05) is 36.9 Å². The molecule has 31 heavy (non-hydrogen) atoms. The van der Waals surface area contributed by atoms with E-state index in [-0.39, 0.29) is 5.91 Å². The molecule has 3 aromatic heterocycles. The smallest absolute Gasteiger partial charge is 0.278 e. The highest BCUT2D eigenvalue weighted by molar-refractivity contribution is 6.04. The molecule has 0 N–H and O–H groups in total. The lowest BCUT2D eigenvalue weighted by Gasteiger charge is -2.17. The first-order valence-electron chi connectivity index (χ1n) is 9.58. The van der Waals surface area contributed by atoms with E-state index in [9.17, 15) is 4.79 Å². The van der Waals surface area contributed by atoms with Gasteiger partial charge in [0.25, 0.3) is 5.91 Å². The third-order valence-corrected chi connectivity index (χ3v) is 5.35. The molecule has 8 nitrogen and oxygen atoms in total. The van der Waals surface area contributed by atoms with Crippen molar-refractivity contribution in [3.63, 3.8) is 0 Å². The van der Waals surface area contributed by atoms with Crippen LogP contribution < -0.4 is 4.90 Å². The number of fused-ring (bicyclic) bond motifs is 2. The molecule has 0 fully saturated rings. The van der Waals surface area contributed by atoms with Crippen LogP contribution in [-0.4, -0.2) is 37.1 Å². The number of nitriles is 1. The number of aryl methyl sites for hydroxylation is 1. The van der Waals surface area contributed by atoms with Gasteiger partial charge in [-0.1, -0.05) is 6.07 Å². The molecule has 0 unspecified atom stereocenters. The van der Waals surface area contributed by atoms with Crippen LogP contribution in [0.3, 0.4) is 0 Å². The Hall–Kier alpha value is -4.51. The van der Waals surface area contributed by atoms with Crippen molar-refractivity contribution in [1.29, 1.82) is 5.26 Å².